The summed E-state index contributed by atoms with van der Waals surface area (Å²) in [7, 11) is 3.05. The second-order valence-corrected chi connectivity index (χ2v) is 10.6. The highest BCUT2D eigenvalue weighted by Gasteiger charge is 2.35. The van der Waals surface area contributed by atoms with Crippen molar-refractivity contribution < 1.29 is 33.3 Å². The molecular weight excluding hydrogens is 616 g/mol. The van der Waals surface area contributed by atoms with Gasteiger partial charge < -0.3 is 23.7 Å². The zero-order valence-corrected chi connectivity index (χ0v) is 25.8. The number of aromatic nitrogens is 1. The van der Waals surface area contributed by atoms with Crippen LogP contribution in [-0.2, 0) is 14.3 Å². The average Bonchev–Trinajstić information content (AvgIpc) is 3.23. The molecule has 2 heterocycles. The number of halogens is 1. The first-order valence-electron chi connectivity index (χ1n) is 12.7. The third-order valence-electron chi connectivity index (χ3n) is 6.13. The fraction of sp³-hybridized carbons (Fsp3) is 0.310. The first-order chi connectivity index (χ1) is 19.6. The standard InChI is InChI=1S/C29H29BrN2O8S/c1-7-38-22-12-17(11-20(30)26(22)40-16(4)33)13-23-27(34)32-25(19-10-9-18(36-5)14-21(19)37-6)24(28(35)39-8-2)15(3)31-29(32)41-23/h9-14,25H,7-8H2,1-6H3/b23-13-/t25-/m1/s1. The second kappa shape index (κ2) is 12.7. The average molecular weight is 646 g/mol. The Morgan fingerprint density at radius 1 is 1.10 bits per heavy atom. The van der Waals surface area contributed by atoms with E-state index in [1.54, 1.807) is 57.4 Å². The Balaban J connectivity index is 1.96. The van der Waals surface area contributed by atoms with Crippen LogP contribution < -0.4 is 33.8 Å². The number of carbonyl (C=O) groups excluding carboxylic acids is 2. The lowest BCUT2D eigenvalue weighted by Gasteiger charge is -2.26. The maximum absolute atomic E-state index is 14.0. The Bertz CT molecular complexity index is 1720. The van der Waals surface area contributed by atoms with Crippen LogP contribution in [0.3, 0.4) is 0 Å². The van der Waals surface area contributed by atoms with Gasteiger partial charge in [0, 0.05) is 18.6 Å². The molecule has 0 amide bonds. The number of allylic oxidation sites excluding steroid dienone is 1. The lowest BCUT2D eigenvalue weighted by molar-refractivity contribution is -0.139. The van der Waals surface area contributed by atoms with Crippen LogP contribution in [0.2, 0.25) is 0 Å². The van der Waals surface area contributed by atoms with Crippen LogP contribution in [-0.4, -0.2) is 43.9 Å². The highest BCUT2D eigenvalue weighted by atomic mass is 79.9. The molecule has 0 bridgehead atoms. The number of benzene rings is 2. The number of esters is 2. The SMILES string of the molecule is CCOC(=O)C1=C(C)N=c2s/c(=C\c3cc(Br)c(OC(C)=O)c(OCC)c3)c(=O)n2[C@@H]1c1ccc(OC)cc1OC. The van der Waals surface area contributed by atoms with Crippen molar-refractivity contribution in [2.45, 2.75) is 33.7 Å². The molecule has 0 spiro atoms. The zero-order chi connectivity index (χ0) is 29.8. The van der Waals surface area contributed by atoms with E-state index < -0.39 is 18.0 Å². The molecule has 216 valence electrons. The molecule has 1 aliphatic rings. The second-order valence-electron chi connectivity index (χ2n) is 8.77. The molecule has 12 heteroatoms. The molecule has 0 N–H and O–H groups in total. The normalized spacial score (nSPS) is 14.7. The summed E-state index contributed by atoms with van der Waals surface area (Å²) in [6, 6.07) is 7.74. The van der Waals surface area contributed by atoms with Gasteiger partial charge in [-0.25, -0.2) is 9.79 Å². The zero-order valence-electron chi connectivity index (χ0n) is 23.4. The van der Waals surface area contributed by atoms with E-state index in [-0.39, 0.29) is 23.5 Å². The number of hydrogen-bond donors (Lipinski definition) is 0. The Kier molecular flexibility index (Phi) is 9.34. The van der Waals surface area contributed by atoms with Gasteiger partial charge in [-0.1, -0.05) is 11.3 Å². The Morgan fingerprint density at radius 2 is 1.85 bits per heavy atom. The number of ether oxygens (including phenoxy) is 5. The summed E-state index contributed by atoms with van der Waals surface area (Å²) in [4.78, 5) is 43.8. The van der Waals surface area contributed by atoms with Gasteiger partial charge in [0.2, 0.25) is 0 Å². The van der Waals surface area contributed by atoms with Gasteiger partial charge in [0.1, 0.15) is 17.5 Å². The van der Waals surface area contributed by atoms with Crippen molar-refractivity contribution in [3.63, 3.8) is 0 Å². The van der Waals surface area contributed by atoms with Gasteiger partial charge in [-0.15, -0.1) is 0 Å². The lowest BCUT2D eigenvalue weighted by Crippen LogP contribution is -2.40. The van der Waals surface area contributed by atoms with Crippen LogP contribution in [0.5, 0.6) is 23.0 Å². The third-order valence-corrected chi connectivity index (χ3v) is 7.70. The number of fused-ring (bicyclic) bond motifs is 1. The summed E-state index contributed by atoms with van der Waals surface area (Å²) in [5.74, 6) is 0.527. The van der Waals surface area contributed by atoms with Crippen molar-refractivity contribution in [2.75, 3.05) is 27.4 Å². The van der Waals surface area contributed by atoms with Crippen LogP contribution in [0.4, 0.5) is 0 Å². The van der Waals surface area contributed by atoms with Gasteiger partial charge in [0.05, 0.1) is 47.7 Å². The minimum atomic E-state index is -0.856. The molecule has 0 unspecified atom stereocenters. The van der Waals surface area contributed by atoms with Crippen molar-refractivity contribution in [1.29, 1.82) is 0 Å². The Morgan fingerprint density at radius 3 is 2.49 bits per heavy atom. The summed E-state index contributed by atoms with van der Waals surface area (Å²) < 4.78 is 29.7. The van der Waals surface area contributed by atoms with Gasteiger partial charge in [0.15, 0.2) is 16.3 Å². The highest BCUT2D eigenvalue weighted by Crippen LogP contribution is 2.39. The molecular formula is C29H29BrN2O8S. The minimum absolute atomic E-state index is 0.160. The topological polar surface area (TPSA) is 115 Å². The van der Waals surface area contributed by atoms with Crippen LogP contribution in [0.15, 0.2) is 55.9 Å². The molecule has 4 rings (SSSR count). The molecule has 41 heavy (non-hydrogen) atoms. The molecule has 0 saturated heterocycles. The monoisotopic (exact) mass is 644 g/mol. The fourth-order valence-electron chi connectivity index (χ4n) is 4.46. The van der Waals surface area contributed by atoms with Crippen molar-refractivity contribution in [3.05, 3.63) is 76.9 Å². The molecule has 0 radical (unpaired) electrons. The molecule has 1 aliphatic heterocycles. The minimum Gasteiger partial charge on any atom is -0.497 e. The summed E-state index contributed by atoms with van der Waals surface area (Å²) in [6.07, 6.45) is 1.69. The van der Waals surface area contributed by atoms with E-state index in [0.717, 1.165) is 0 Å². The predicted molar refractivity (Wildman–Crippen MR) is 157 cm³/mol. The fourth-order valence-corrected chi connectivity index (χ4v) is 6.05. The van der Waals surface area contributed by atoms with E-state index in [0.29, 0.717) is 54.5 Å². The van der Waals surface area contributed by atoms with Gasteiger partial charge in [0.25, 0.3) is 5.56 Å². The van der Waals surface area contributed by atoms with Gasteiger partial charge in [-0.05, 0) is 72.6 Å². The first-order valence-corrected chi connectivity index (χ1v) is 14.3. The van der Waals surface area contributed by atoms with Crippen molar-refractivity contribution >= 4 is 45.3 Å². The quantitative estimate of drug-likeness (QED) is 0.254. The van der Waals surface area contributed by atoms with Crippen LogP contribution in [0.1, 0.15) is 44.9 Å². The molecule has 1 aromatic heterocycles. The van der Waals surface area contributed by atoms with Gasteiger partial charge in [-0.3, -0.25) is 14.2 Å². The maximum Gasteiger partial charge on any atom is 0.338 e. The molecule has 3 aromatic rings. The summed E-state index contributed by atoms with van der Waals surface area (Å²) in [5.41, 5.74) is 1.52. The van der Waals surface area contributed by atoms with E-state index in [4.69, 9.17) is 23.7 Å². The molecule has 0 aliphatic carbocycles. The maximum atomic E-state index is 14.0. The summed E-state index contributed by atoms with van der Waals surface area (Å²) in [6.45, 7) is 7.04. The Hall–Kier alpha value is -3.90. The number of thiazole rings is 1. The Labute approximate surface area is 248 Å². The van der Waals surface area contributed by atoms with Gasteiger partial charge in [-0.2, -0.15) is 0 Å². The predicted octanol–water partition coefficient (Wildman–Crippen LogP) is 3.90. The van der Waals surface area contributed by atoms with Crippen molar-refractivity contribution in [2.24, 2.45) is 4.99 Å². The summed E-state index contributed by atoms with van der Waals surface area (Å²) in [5, 5.41) is 0. The van der Waals surface area contributed by atoms with Crippen LogP contribution in [0.25, 0.3) is 6.08 Å². The molecule has 2 aromatic carbocycles. The summed E-state index contributed by atoms with van der Waals surface area (Å²) >= 11 is 4.62. The molecule has 0 fully saturated rings. The number of nitrogens with zero attached hydrogens (tertiary/aromatic N) is 2. The molecule has 0 saturated carbocycles. The molecule has 1 atom stereocenters. The number of rotatable bonds is 9. The van der Waals surface area contributed by atoms with Crippen LogP contribution in [0, 0.1) is 0 Å². The first kappa shape index (κ1) is 30.1. The molecule has 10 nitrogen and oxygen atoms in total. The third kappa shape index (κ3) is 6.08. The largest absolute Gasteiger partial charge is 0.497 e. The number of hydrogen-bond acceptors (Lipinski definition) is 10. The van der Waals surface area contributed by atoms with E-state index in [2.05, 4.69) is 20.9 Å². The van der Waals surface area contributed by atoms with Gasteiger partial charge >= 0.3 is 11.9 Å². The number of carbonyl (C=O) groups is 2. The smallest absolute Gasteiger partial charge is 0.338 e. The highest BCUT2D eigenvalue weighted by molar-refractivity contribution is 9.10. The van der Waals surface area contributed by atoms with E-state index in [9.17, 15) is 14.4 Å². The van der Waals surface area contributed by atoms with Crippen LogP contribution >= 0.6 is 27.3 Å². The van der Waals surface area contributed by atoms with Crippen molar-refractivity contribution in [3.8, 4) is 23.0 Å². The number of methoxy groups -OCH3 is 2. The van der Waals surface area contributed by atoms with Crippen molar-refractivity contribution in [1.82, 2.24) is 4.57 Å². The van der Waals surface area contributed by atoms with E-state index in [1.807, 2.05) is 6.92 Å². The van der Waals surface area contributed by atoms with E-state index >= 15 is 0 Å². The lowest BCUT2D eigenvalue weighted by atomic mass is 9.95. The van der Waals surface area contributed by atoms with E-state index in [1.165, 1.54) is 29.9 Å².